The van der Waals surface area contributed by atoms with Crippen LogP contribution in [-0.2, 0) is 11.3 Å². The highest BCUT2D eigenvalue weighted by Crippen LogP contribution is 2.27. The molecule has 5 nitrogen and oxygen atoms in total. The molecule has 33 heavy (non-hydrogen) atoms. The summed E-state index contributed by atoms with van der Waals surface area (Å²) in [4.78, 5) is 17.3. The van der Waals surface area contributed by atoms with E-state index in [2.05, 4.69) is 51.5 Å². The fraction of sp³-hybridized carbons (Fsp3) is 0.481. The minimum Gasteiger partial charge on any atom is -0.370 e. The molecule has 2 aromatic carbocycles. The molecule has 0 unspecified atom stereocenters. The van der Waals surface area contributed by atoms with Crippen molar-refractivity contribution in [2.45, 2.75) is 38.6 Å². The average molecular weight is 449 g/mol. The van der Waals surface area contributed by atoms with Gasteiger partial charge in [0.05, 0.1) is 11.3 Å². The second-order valence-corrected chi connectivity index (χ2v) is 9.32. The Balaban J connectivity index is 1.14. The van der Waals surface area contributed by atoms with Crippen LogP contribution in [0.5, 0.6) is 0 Å². The Morgan fingerprint density at radius 3 is 2.45 bits per heavy atom. The van der Waals surface area contributed by atoms with Crippen LogP contribution in [0.1, 0.15) is 43.2 Å². The van der Waals surface area contributed by atoms with Crippen molar-refractivity contribution in [3.63, 3.8) is 0 Å². The number of hydrogen-bond donors (Lipinski definition) is 1. The van der Waals surface area contributed by atoms with Gasteiger partial charge in [0.2, 0.25) is 5.91 Å². The number of amides is 1. The topological polar surface area (TPSA) is 59.4 Å². The lowest BCUT2D eigenvalue weighted by atomic mass is 9.92. The Morgan fingerprint density at radius 2 is 1.76 bits per heavy atom. The van der Waals surface area contributed by atoms with E-state index >= 15 is 0 Å². The maximum Gasteiger partial charge on any atom is 0.223 e. The summed E-state index contributed by atoms with van der Waals surface area (Å²) >= 11 is 0. The third-order valence-electron chi connectivity index (χ3n) is 7.09. The molecule has 4 rings (SSSR count). The molecular formula is C27H33FN4O. The van der Waals surface area contributed by atoms with Crippen molar-refractivity contribution < 1.29 is 9.18 Å². The van der Waals surface area contributed by atoms with Crippen LogP contribution in [0.25, 0.3) is 0 Å². The summed E-state index contributed by atoms with van der Waals surface area (Å²) in [6.07, 6.45) is 4.95. The van der Waals surface area contributed by atoms with Crippen molar-refractivity contribution in [3.05, 3.63) is 65.5 Å². The Labute approximate surface area is 196 Å². The third-order valence-corrected chi connectivity index (χ3v) is 7.09. The predicted octanol–water partition coefficient (Wildman–Crippen LogP) is 4.33. The van der Waals surface area contributed by atoms with Gasteiger partial charge in [-0.2, -0.15) is 5.26 Å². The van der Waals surface area contributed by atoms with Crippen molar-refractivity contribution >= 4 is 11.6 Å². The van der Waals surface area contributed by atoms with Gasteiger partial charge in [0.25, 0.3) is 0 Å². The molecular weight excluding hydrogens is 415 g/mol. The highest BCUT2D eigenvalue weighted by molar-refractivity contribution is 5.79. The number of hydrogen-bond acceptors (Lipinski definition) is 4. The average Bonchev–Trinajstić information content (AvgIpc) is 2.86. The normalized spacial score (nSPS) is 18.1. The van der Waals surface area contributed by atoms with Gasteiger partial charge in [-0.15, -0.1) is 0 Å². The minimum absolute atomic E-state index is 0.0138. The summed E-state index contributed by atoms with van der Waals surface area (Å²) in [6.45, 7) is 5.44. The van der Waals surface area contributed by atoms with Crippen LogP contribution in [0.4, 0.5) is 10.1 Å². The molecule has 1 N–H and O–H groups in total. The monoisotopic (exact) mass is 448 g/mol. The quantitative estimate of drug-likeness (QED) is 0.685. The molecule has 2 aromatic rings. The predicted molar refractivity (Wildman–Crippen MR) is 128 cm³/mol. The summed E-state index contributed by atoms with van der Waals surface area (Å²) in [7, 11) is 0. The van der Waals surface area contributed by atoms with Crippen molar-refractivity contribution in [2.24, 2.45) is 11.8 Å². The van der Waals surface area contributed by atoms with Crippen molar-refractivity contribution in [3.8, 4) is 6.07 Å². The lowest BCUT2D eigenvalue weighted by Gasteiger charge is -2.34. The fourth-order valence-electron chi connectivity index (χ4n) is 5.07. The number of carbonyl (C=O) groups is 1. The van der Waals surface area contributed by atoms with Gasteiger partial charge in [0, 0.05) is 32.1 Å². The summed E-state index contributed by atoms with van der Waals surface area (Å²) in [5.41, 5.74) is 2.49. The molecule has 2 fully saturated rings. The van der Waals surface area contributed by atoms with Crippen LogP contribution in [0.2, 0.25) is 0 Å². The molecule has 6 heteroatoms. The highest BCUT2D eigenvalue weighted by Gasteiger charge is 2.26. The van der Waals surface area contributed by atoms with Gasteiger partial charge < -0.3 is 10.2 Å². The maximum atomic E-state index is 13.4. The second kappa shape index (κ2) is 11.3. The number of anilines is 1. The van der Waals surface area contributed by atoms with E-state index in [9.17, 15) is 14.4 Å². The van der Waals surface area contributed by atoms with Crippen LogP contribution < -0.4 is 10.2 Å². The number of nitrogens with zero attached hydrogens (tertiary/aromatic N) is 3. The SMILES string of the molecule is N#Cc1cc(F)ccc1N1CCC(C(=O)NCCC2CCN(Cc3ccccc3)CC2)CC1. The number of rotatable bonds is 7. The largest absolute Gasteiger partial charge is 0.370 e. The van der Waals surface area contributed by atoms with E-state index in [0.29, 0.717) is 24.6 Å². The van der Waals surface area contributed by atoms with Crippen molar-refractivity contribution in [2.75, 3.05) is 37.6 Å². The van der Waals surface area contributed by atoms with Crippen LogP contribution in [0.3, 0.4) is 0 Å². The Morgan fingerprint density at radius 1 is 1.03 bits per heavy atom. The summed E-state index contributed by atoms with van der Waals surface area (Å²) in [5.74, 6) is 0.448. The standard InChI is InChI=1S/C27H33FN4O/c28-25-6-7-26(24(18-25)19-29)32-16-11-23(12-17-32)27(33)30-13-8-21-9-14-31(15-10-21)20-22-4-2-1-3-5-22/h1-7,18,21,23H,8-17,20H2,(H,30,33). The lowest BCUT2D eigenvalue weighted by molar-refractivity contribution is -0.125. The smallest absolute Gasteiger partial charge is 0.223 e. The molecule has 2 aliphatic heterocycles. The third kappa shape index (κ3) is 6.33. The van der Waals surface area contributed by atoms with E-state index in [1.165, 1.54) is 30.5 Å². The molecule has 0 aromatic heterocycles. The molecule has 2 aliphatic rings. The van der Waals surface area contributed by atoms with Gasteiger partial charge in [0.15, 0.2) is 0 Å². The molecule has 0 aliphatic carbocycles. The number of piperidine rings is 2. The molecule has 0 saturated carbocycles. The number of carbonyl (C=O) groups excluding carboxylic acids is 1. The van der Waals surface area contributed by atoms with Crippen LogP contribution >= 0.6 is 0 Å². The maximum absolute atomic E-state index is 13.4. The number of likely N-dealkylation sites (tertiary alicyclic amines) is 1. The van der Waals surface area contributed by atoms with E-state index < -0.39 is 5.82 Å². The first-order valence-corrected chi connectivity index (χ1v) is 12.1. The zero-order valence-corrected chi connectivity index (χ0v) is 19.2. The first-order chi connectivity index (χ1) is 16.1. The number of halogens is 1. The molecule has 0 bridgehead atoms. The molecule has 2 heterocycles. The highest BCUT2D eigenvalue weighted by atomic mass is 19.1. The fourth-order valence-corrected chi connectivity index (χ4v) is 5.07. The minimum atomic E-state index is -0.397. The van der Waals surface area contributed by atoms with Crippen LogP contribution in [0.15, 0.2) is 48.5 Å². The zero-order valence-electron chi connectivity index (χ0n) is 19.2. The molecule has 0 radical (unpaired) electrons. The molecule has 1 amide bonds. The van der Waals surface area contributed by atoms with E-state index in [4.69, 9.17) is 0 Å². The zero-order chi connectivity index (χ0) is 23.0. The Kier molecular flexibility index (Phi) is 7.96. The first-order valence-electron chi connectivity index (χ1n) is 12.1. The molecule has 0 spiro atoms. The van der Waals surface area contributed by atoms with Crippen molar-refractivity contribution in [1.82, 2.24) is 10.2 Å². The van der Waals surface area contributed by atoms with Gasteiger partial charge in [-0.05, 0) is 74.9 Å². The van der Waals surface area contributed by atoms with Crippen molar-refractivity contribution in [1.29, 1.82) is 5.26 Å². The molecule has 0 atom stereocenters. The van der Waals surface area contributed by atoms with Gasteiger partial charge in [0.1, 0.15) is 11.9 Å². The van der Waals surface area contributed by atoms with Gasteiger partial charge in [-0.3, -0.25) is 9.69 Å². The molecule has 174 valence electrons. The van der Waals surface area contributed by atoms with Gasteiger partial charge >= 0.3 is 0 Å². The van der Waals surface area contributed by atoms with E-state index in [-0.39, 0.29) is 11.8 Å². The Bertz CT molecular complexity index is 958. The van der Waals surface area contributed by atoms with E-state index in [0.717, 1.165) is 51.1 Å². The summed E-state index contributed by atoms with van der Waals surface area (Å²) < 4.78 is 13.4. The van der Waals surface area contributed by atoms with Gasteiger partial charge in [-0.25, -0.2) is 4.39 Å². The summed E-state index contributed by atoms with van der Waals surface area (Å²) in [5, 5.41) is 12.5. The summed E-state index contributed by atoms with van der Waals surface area (Å²) in [6, 6.07) is 17.0. The molecule has 2 saturated heterocycles. The van der Waals surface area contributed by atoms with E-state index in [1.54, 1.807) is 6.07 Å². The number of nitriles is 1. The first kappa shape index (κ1) is 23.3. The van der Waals surface area contributed by atoms with E-state index in [1.807, 2.05) is 0 Å². The Hall–Kier alpha value is -2.91. The second-order valence-electron chi connectivity index (χ2n) is 9.32. The van der Waals surface area contributed by atoms with Gasteiger partial charge in [-0.1, -0.05) is 30.3 Å². The van der Waals surface area contributed by atoms with Crippen LogP contribution in [0, 0.1) is 29.0 Å². The lowest BCUT2D eigenvalue weighted by Crippen LogP contribution is -2.41. The number of benzene rings is 2. The van der Waals surface area contributed by atoms with Crippen LogP contribution in [-0.4, -0.2) is 43.5 Å². The number of nitrogens with one attached hydrogen (secondary N) is 1.